The minimum atomic E-state index is 0.997. The number of pyridine rings is 1. The number of para-hydroxylation sites is 1. The maximum Gasteiger partial charge on any atom is 0.0690 e. The van der Waals surface area contributed by atoms with Gasteiger partial charge >= 0.3 is 0 Å². The fraction of sp³-hybridized carbons (Fsp3) is 0.357. The molecule has 0 unspecified atom stereocenters. The van der Waals surface area contributed by atoms with E-state index in [1.807, 2.05) is 18.2 Å². The van der Waals surface area contributed by atoms with E-state index in [0.29, 0.717) is 0 Å². The SMILES string of the molecule is CCCCc1c(C)nc2ccccc2c1[S-]. The molecule has 2 rings (SSSR count). The summed E-state index contributed by atoms with van der Waals surface area (Å²) in [6.07, 6.45) is 3.44. The molecule has 0 spiro atoms. The van der Waals surface area contributed by atoms with Crippen LogP contribution in [-0.4, -0.2) is 4.98 Å². The molecule has 0 N–H and O–H groups in total. The molecule has 0 aliphatic carbocycles. The second-order valence-corrected chi connectivity index (χ2v) is 4.53. The van der Waals surface area contributed by atoms with Crippen molar-refractivity contribution in [2.24, 2.45) is 0 Å². The van der Waals surface area contributed by atoms with Crippen molar-refractivity contribution in [1.82, 2.24) is 4.98 Å². The molecule has 16 heavy (non-hydrogen) atoms. The minimum absolute atomic E-state index is 0.997. The number of aryl methyl sites for hydroxylation is 1. The lowest BCUT2D eigenvalue weighted by atomic mass is 10.0. The predicted molar refractivity (Wildman–Crippen MR) is 70.7 cm³/mol. The molecule has 0 bridgehead atoms. The molecule has 0 saturated carbocycles. The van der Waals surface area contributed by atoms with Crippen molar-refractivity contribution in [1.29, 1.82) is 0 Å². The maximum absolute atomic E-state index is 5.55. The zero-order valence-electron chi connectivity index (χ0n) is 9.79. The summed E-state index contributed by atoms with van der Waals surface area (Å²) in [7, 11) is 0. The summed E-state index contributed by atoms with van der Waals surface area (Å²) < 4.78 is 0. The van der Waals surface area contributed by atoms with Crippen LogP contribution in [0.4, 0.5) is 0 Å². The Morgan fingerprint density at radius 3 is 2.75 bits per heavy atom. The van der Waals surface area contributed by atoms with Crippen LogP contribution in [0.5, 0.6) is 0 Å². The van der Waals surface area contributed by atoms with Crippen LogP contribution in [0.2, 0.25) is 0 Å². The molecule has 1 heterocycles. The molecule has 0 amide bonds. The quantitative estimate of drug-likeness (QED) is 0.744. The van der Waals surface area contributed by atoms with Crippen molar-refractivity contribution in [2.75, 3.05) is 0 Å². The van der Waals surface area contributed by atoms with Gasteiger partial charge in [0.2, 0.25) is 0 Å². The van der Waals surface area contributed by atoms with E-state index >= 15 is 0 Å². The third-order valence-electron chi connectivity index (χ3n) is 2.93. The molecule has 1 aromatic carbocycles. The van der Waals surface area contributed by atoms with E-state index in [1.165, 1.54) is 18.4 Å². The van der Waals surface area contributed by atoms with Crippen molar-refractivity contribution in [3.05, 3.63) is 35.5 Å². The molecule has 0 aliphatic rings. The topological polar surface area (TPSA) is 12.9 Å². The zero-order chi connectivity index (χ0) is 11.5. The van der Waals surface area contributed by atoms with Crippen LogP contribution in [0.15, 0.2) is 29.2 Å². The van der Waals surface area contributed by atoms with Gasteiger partial charge in [-0.25, -0.2) is 0 Å². The molecule has 1 aromatic heterocycles. The van der Waals surface area contributed by atoms with Gasteiger partial charge < -0.3 is 12.6 Å². The first-order valence-corrected chi connectivity index (χ1v) is 6.20. The number of hydrogen-bond donors (Lipinski definition) is 0. The standard InChI is InChI=1S/C14H17NS/c1-3-4-7-11-10(2)15-13-9-6-5-8-12(13)14(11)16/h5-6,8-9H,3-4,7H2,1-2H3,(H,15,16)/p-1. The highest BCUT2D eigenvalue weighted by Crippen LogP contribution is 2.24. The first-order valence-electron chi connectivity index (χ1n) is 5.79. The Morgan fingerprint density at radius 1 is 1.25 bits per heavy atom. The lowest BCUT2D eigenvalue weighted by molar-refractivity contribution is 0.778. The Hall–Kier alpha value is -1.15. The van der Waals surface area contributed by atoms with E-state index in [2.05, 4.69) is 24.9 Å². The Kier molecular flexibility index (Phi) is 3.39. The first kappa shape index (κ1) is 11.3. The molecule has 1 nitrogen and oxygen atoms in total. The fourth-order valence-corrected chi connectivity index (χ4v) is 2.41. The van der Waals surface area contributed by atoms with E-state index in [4.69, 9.17) is 12.6 Å². The van der Waals surface area contributed by atoms with E-state index in [-0.39, 0.29) is 0 Å². The number of benzene rings is 1. The van der Waals surface area contributed by atoms with Gasteiger partial charge in [0.05, 0.1) is 5.52 Å². The van der Waals surface area contributed by atoms with Gasteiger partial charge in [0.1, 0.15) is 0 Å². The van der Waals surface area contributed by atoms with Crippen molar-refractivity contribution >= 4 is 23.5 Å². The normalized spacial score (nSPS) is 10.9. The third-order valence-corrected chi connectivity index (χ3v) is 3.39. The summed E-state index contributed by atoms with van der Waals surface area (Å²) in [5.74, 6) is 0. The summed E-state index contributed by atoms with van der Waals surface area (Å²) in [6.45, 7) is 4.26. The van der Waals surface area contributed by atoms with E-state index in [1.54, 1.807) is 0 Å². The van der Waals surface area contributed by atoms with Crippen molar-refractivity contribution < 1.29 is 0 Å². The van der Waals surface area contributed by atoms with Crippen LogP contribution in [0, 0.1) is 6.92 Å². The van der Waals surface area contributed by atoms with Crippen LogP contribution in [0.25, 0.3) is 10.9 Å². The van der Waals surface area contributed by atoms with Gasteiger partial charge in [0, 0.05) is 5.69 Å². The van der Waals surface area contributed by atoms with E-state index in [0.717, 1.165) is 27.9 Å². The molecule has 2 heteroatoms. The summed E-state index contributed by atoms with van der Waals surface area (Å²) >= 11 is 5.55. The van der Waals surface area contributed by atoms with Crippen LogP contribution in [0.1, 0.15) is 31.0 Å². The monoisotopic (exact) mass is 230 g/mol. The summed E-state index contributed by atoms with van der Waals surface area (Å²) in [6, 6.07) is 8.13. The maximum atomic E-state index is 5.55. The summed E-state index contributed by atoms with van der Waals surface area (Å²) in [5, 5.41) is 1.12. The number of hydrogen-bond acceptors (Lipinski definition) is 2. The van der Waals surface area contributed by atoms with Crippen molar-refractivity contribution in [3.8, 4) is 0 Å². The highest BCUT2D eigenvalue weighted by molar-refractivity contribution is 7.59. The number of aromatic nitrogens is 1. The van der Waals surface area contributed by atoms with Gasteiger partial charge in [-0.15, -0.1) is 0 Å². The molecule has 0 fully saturated rings. The minimum Gasteiger partial charge on any atom is -0.779 e. The second kappa shape index (κ2) is 4.79. The smallest absolute Gasteiger partial charge is 0.0690 e. The van der Waals surface area contributed by atoms with Crippen LogP contribution in [0.3, 0.4) is 0 Å². The number of nitrogens with zero attached hydrogens (tertiary/aromatic N) is 1. The molecule has 84 valence electrons. The van der Waals surface area contributed by atoms with Gasteiger partial charge in [0.15, 0.2) is 0 Å². The lowest BCUT2D eigenvalue weighted by Gasteiger charge is -2.19. The van der Waals surface area contributed by atoms with E-state index < -0.39 is 0 Å². The highest BCUT2D eigenvalue weighted by Gasteiger charge is 2.03. The average molecular weight is 230 g/mol. The van der Waals surface area contributed by atoms with Crippen LogP contribution in [-0.2, 0) is 19.0 Å². The number of fused-ring (bicyclic) bond motifs is 1. The van der Waals surface area contributed by atoms with E-state index in [9.17, 15) is 0 Å². The van der Waals surface area contributed by atoms with Gasteiger partial charge in [0.25, 0.3) is 0 Å². The fourth-order valence-electron chi connectivity index (χ4n) is 1.99. The predicted octanol–water partition coefficient (Wildman–Crippen LogP) is 3.79. The zero-order valence-corrected chi connectivity index (χ0v) is 10.6. The Morgan fingerprint density at radius 2 is 2.00 bits per heavy atom. The van der Waals surface area contributed by atoms with Gasteiger partial charge in [-0.2, -0.15) is 4.90 Å². The third kappa shape index (κ3) is 2.03. The largest absolute Gasteiger partial charge is 0.779 e. The molecule has 0 radical (unpaired) electrons. The average Bonchev–Trinajstić information content (AvgIpc) is 2.29. The van der Waals surface area contributed by atoms with Gasteiger partial charge in [-0.05, 0) is 36.8 Å². The van der Waals surface area contributed by atoms with Crippen LogP contribution >= 0.6 is 0 Å². The van der Waals surface area contributed by atoms with Gasteiger partial charge in [-0.1, -0.05) is 31.5 Å². The molecule has 0 aliphatic heterocycles. The van der Waals surface area contributed by atoms with Crippen molar-refractivity contribution in [3.63, 3.8) is 0 Å². The highest BCUT2D eigenvalue weighted by atomic mass is 32.1. The Balaban J connectivity index is 2.56. The van der Waals surface area contributed by atoms with Crippen LogP contribution < -0.4 is 0 Å². The Bertz CT molecular complexity index is 505. The molecular formula is C14H16NS-. The van der Waals surface area contributed by atoms with Gasteiger partial charge in [-0.3, -0.25) is 4.98 Å². The number of rotatable bonds is 3. The molecule has 2 aromatic rings. The number of unbranched alkanes of at least 4 members (excludes halogenated alkanes) is 1. The summed E-state index contributed by atoms with van der Waals surface area (Å²) in [4.78, 5) is 5.62. The molecule has 0 atom stereocenters. The molecule has 0 saturated heterocycles. The van der Waals surface area contributed by atoms with Crippen molar-refractivity contribution in [2.45, 2.75) is 38.0 Å². The first-order chi connectivity index (χ1) is 7.74. The Labute approximate surface area is 102 Å². The second-order valence-electron chi connectivity index (χ2n) is 4.13. The summed E-state index contributed by atoms with van der Waals surface area (Å²) in [5.41, 5.74) is 3.37. The lowest BCUT2D eigenvalue weighted by Crippen LogP contribution is -1.98. The molecular weight excluding hydrogens is 214 g/mol.